The van der Waals surface area contributed by atoms with E-state index < -0.39 is 10.8 Å². The fourth-order valence-electron chi connectivity index (χ4n) is 1.93. The van der Waals surface area contributed by atoms with E-state index in [-0.39, 0.29) is 35.4 Å². The summed E-state index contributed by atoms with van der Waals surface area (Å²) in [5.74, 6) is -0.525. The lowest BCUT2D eigenvalue weighted by atomic mass is 10.1. The lowest BCUT2D eigenvalue weighted by Crippen LogP contribution is -2.28. The first-order valence-corrected chi connectivity index (χ1v) is 7.33. The van der Waals surface area contributed by atoms with E-state index in [1.807, 2.05) is 0 Å². The fourth-order valence-corrected chi connectivity index (χ4v) is 2.16. The van der Waals surface area contributed by atoms with Crippen LogP contribution in [0.3, 0.4) is 0 Å². The topological polar surface area (TPSA) is 81.5 Å². The molecule has 0 saturated heterocycles. The number of hydrogen-bond donors (Lipinski definition) is 1. The summed E-state index contributed by atoms with van der Waals surface area (Å²) in [6, 6.07) is 8.28. The molecule has 6 nitrogen and oxygen atoms in total. The monoisotopic (exact) mass is 352 g/mol. The van der Waals surface area contributed by atoms with Crippen molar-refractivity contribution in [3.05, 3.63) is 68.5 Å². The van der Waals surface area contributed by atoms with Crippen molar-refractivity contribution in [1.29, 1.82) is 0 Å². The zero-order valence-electron chi connectivity index (χ0n) is 12.7. The first kappa shape index (κ1) is 17.7. The van der Waals surface area contributed by atoms with Crippen molar-refractivity contribution < 1.29 is 18.8 Å². The Morgan fingerprint density at radius 1 is 1.33 bits per heavy atom. The molecule has 1 N–H and O–H groups in total. The number of aryl methyl sites for hydroxylation is 1. The third-order valence-electron chi connectivity index (χ3n) is 3.20. The van der Waals surface area contributed by atoms with Crippen molar-refractivity contribution in [3.8, 4) is 5.75 Å². The molecule has 0 heterocycles. The van der Waals surface area contributed by atoms with Gasteiger partial charge in [0.15, 0.2) is 6.61 Å². The number of nitrogens with one attached hydrogen (secondary N) is 1. The number of rotatable bonds is 6. The van der Waals surface area contributed by atoms with E-state index in [9.17, 15) is 19.3 Å². The van der Waals surface area contributed by atoms with Crippen LogP contribution in [0.2, 0.25) is 5.02 Å². The van der Waals surface area contributed by atoms with Gasteiger partial charge in [0.1, 0.15) is 11.6 Å². The number of carbonyl (C=O) groups is 1. The van der Waals surface area contributed by atoms with Gasteiger partial charge in [-0.25, -0.2) is 4.39 Å². The van der Waals surface area contributed by atoms with E-state index in [0.717, 1.165) is 11.6 Å². The zero-order valence-corrected chi connectivity index (χ0v) is 13.5. The number of benzene rings is 2. The molecule has 8 heteroatoms. The number of non-ortho nitro benzene ring substituents is 1. The van der Waals surface area contributed by atoms with Gasteiger partial charge < -0.3 is 10.1 Å². The SMILES string of the molecule is Cc1cc(CNC(=O)COc2ccc([N+](=O)[O-])cc2Cl)ccc1F. The molecule has 2 aromatic rings. The Hall–Kier alpha value is -2.67. The molecule has 0 atom stereocenters. The summed E-state index contributed by atoms with van der Waals surface area (Å²) in [7, 11) is 0. The normalized spacial score (nSPS) is 10.3. The minimum absolute atomic E-state index is 0.0474. The van der Waals surface area contributed by atoms with Crippen molar-refractivity contribution in [2.75, 3.05) is 6.61 Å². The van der Waals surface area contributed by atoms with Crippen LogP contribution in [0, 0.1) is 22.9 Å². The highest BCUT2D eigenvalue weighted by atomic mass is 35.5. The third-order valence-corrected chi connectivity index (χ3v) is 3.49. The number of hydrogen-bond acceptors (Lipinski definition) is 4. The van der Waals surface area contributed by atoms with Crippen LogP contribution in [-0.4, -0.2) is 17.4 Å². The minimum atomic E-state index is -0.576. The van der Waals surface area contributed by atoms with Crippen LogP contribution in [0.5, 0.6) is 5.75 Å². The summed E-state index contributed by atoms with van der Waals surface area (Å²) in [6.07, 6.45) is 0. The van der Waals surface area contributed by atoms with E-state index in [1.165, 1.54) is 18.2 Å². The Balaban J connectivity index is 1.87. The third kappa shape index (κ3) is 4.66. The summed E-state index contributed by atoms with van der Waals surface area (Å²) in [6.45, 7) is 1.58. The first-order chi connectivity index (χ1) is 11.4. The molecule has 0 saturated carbocycles. The number of amides is 1. The lowest BCUT2D eigenvalue weighted by molar-refractivity contribution is -0.384. The molecule has 2 rings (SSSR count). The smallest absolute Gasteiger partial charge is 0.271 e. The van der Waals surface area contributed by atoms with Gasteiger partial charge in [0.05, 0.1) is 9.95 Å². The number of halogens is 2. The maximum absolute atomic E-state index is 13.2. The molecular formula is C16H14ClFN2O4. The van der Waals surface area contributed by atoms with E-state index in [4.69, 9.17) is 16.3 Å². The zero-order chi connectivity index (χ0) is 17.7. The summed E-state index contributed by atoms with van der Waals surface area (Å²) in [4.78, 5) is 21.8. The van der Waals surface area contributed by atoms with Crippen LogP contribution in [0.1, 0.15) is 11.1 Å². The van der Waals surface area contributed by atoms with Crippen molar-refractivity contribution in [2.24, 2.45) is 0 Å². The van der Waals surface area contributed by atoms with Gasteiger partial charge >= 0.3 is 0 Å². The Morgan fingerprint density at radius 2 is 2.08 bits per heavy atom. The second-order valence-corrected chi connectivity index (χ2v) is 5.43. The maximum Gasteiger partial charge on any atom is 0.271 e. The molecule has 0 radical (unpaired) electrons. The molecule has 0 aliphatic carbocycles. The molecule has 1 amide bonds. The van der Waals surface area contributed by atoms with Crippen LogP contribution in [0.15, 0.2) is 36.4 Å². The molecule has 0 bridgehead atoms. The van der Waals surface area contributed by atoms with Crippen LogP contribution >= 0.6 is 11.6 Å². The van der Waals surface area contributed by atoms with Crippen LogP contribution < -0.4 is 10.1 Å². The van der Waals surface area contributed by atoms with Gasteiger partial charge in [0, 0.05) is 18.7 Å². The van der Waals surface area contributed by atoms with E-state index >= 15 is 0 Å². The van der Waals surface area contributed by atoms with Gasteiger partial charge in [-0.1, -0.05) is 23.7 Å². The van der Waals surface area contributed by atoms with Crippen LogP contribution in [0.4, 0.5) is 10.1 Å². The molecule has 0 fully saturated rings. The highest BCUT2D eigenvalue weighted by Crippen LogP contribution is 2.28. The van der Waals surface area contributed by atoms with Crippen molar-refractivity contribution in [2.45, 2.75) is 13.5 Å². The molecule has 0 aromatic heterocycles. The Morgan fingerprint density at radius 3 is 2.71 bits per heavy atom. The second kappa shape index (κ2) is 7.74. The van der Waals surface area contributed by atoms with Gasteiger partial charge in [0.2, 0.25) is 0 Å². The highest BCUT2D eigenvalue weighted by Gasteiger charge is 2.11. The molecule has 24 heavy (non-hydrogen) atoms. The molecule has 126 valence electrons. The molecule has 0 aliphatic rings. The number of nitro benzene ring substituents is 1. The van der Waals surface area contributed by atoms with E-state index in [1.54, 1.807) is 19.1 Å². The van der Waals surface area contributed by atoms with Gasteiger partial charge in [-0.3, -0.25) is 14.9 Å². The number of ether oxygens (including phenoxy) is 1. The predicted molar refractivity (Wildman–Crippen MR) is 86.6 cm³/mol. The second-order valence-electron chi connectivity index (χ2n) is 5.02. The number of nitrogens with zero attached hydrogens (tertiary/aromatic N) is 1. The predicted octanol–water partition coefficient (Wildman–Crippen LogP) is 3.39. The highest BCUT2D eigenvalue weighted by molar-refractivity contribution is 6.32. The fraction of sp³-hybridized carbons (Fsp3) is 0.188. The lowest BCUT2D eigenvalue weighted by Gasteiger charge is -2.09. The quantitative estimate of drug-likeness (QED) is 0.638. The summed E-state index contributed by atoms with van der Waals surface area (Å²) in [5.41, 5.74) is 1.09. The van der Waals surface area contributed by atoms with E-state index in [2.05, 4.69) is 5.32 Å². The average Bonchev–Trinajstić information content (AvgIpc) is 2.54. The molecular weight excluding hydrogens is 339 g/mol. The Labute approximate surface area is 142 Å². The Bertz CT molecular complexity index is 783. The first-order valence-electron chi connectivity index (χ1n) is 6.95. The maximum atomic E-state index is 13.2. The molecule has 0 aliphatic heterocycles. The van der Waals surface area contributed by atoms with Gasteiger partial charge in [-0.05, 0) is 30.2 Å². The summed E-state index contributed by atoms with van der Waals surface area (Å²) in [5, 5.41) is 13.3. The van der Waals surface area contributed by atoms with Crippen molar-refractivity contribution in [3.63, 3.8) is 0 Å². The van der Waals surface area contributed by atoms with Crippen molar-refractivity contribution >= 4 is 23.2 Å². The molecule has 0 unspecified atom stereocenters. The Kier molecular flexibility index (Phi) is 5.70. The molecule has 2 aromatic carbocycles. The summed E-state index contributed by atoms with van der Waals surface area (Å²) >= 11 is 5.87. The van der Waals surface area contributed by atoms with Crippen LogP contribution in [-0.2, 0) is 11.3 Å². The van der Waals surface area contributed by atoms with Crippen molar-refractivity contribution in [1.82, 2.24) is 5.32 Å². The van der Waals surface area contributed by atoms with Crippen LogP contribution in [0.25, 0.3) is 0 Å². The minimum Gasteiger partial charge on any atom is -0.482 e. The number of nitro groups is 1. The molecule has 0 spiro atoms. The standard InChI is InChI=1S/C16H14ClFN2O4/c1-10-6-11(2-4-14(10)18)8-19-16(21)9-24-15-5-3-12(20(22)23)7-13(15)17/h2-7H,8-9H2,1H3,(H,19,21). The average molecular weight is 353 g/mol. The van der Waals surface area contributed by atoms with Gasteiger partial charge in [-0.2, -0.15) is 0 Å². The summed E-state index contributed by atoms with van der Waals surface area (Å²) < 4.78 is 18.4. The van der Waals surface area contributed by atoms with Gasteiger partial charge in [-0.15, -0.1) is 0 Å². The van der Waals surface area contributed by atoms with E-state index in [0.29, 0.717) is 5.56 Å². The number of carbonyl (C=O) groups excluding carboxylic acids is 1. The van der Waals surface area contributed by atoms with Gasteiger partial charge in [0.25, 0.3) is 11.6 Å². The largest absolute Gasteiger partial charge is 0.482 e.